The lowest BCUT2D eigenvalue weighted by molar-refractivity contribution is 0.142. The lowest BCUT2D eigenvalue weighted by atomic mass is 10.5. The fourth-order valence-electron chi connectivity index (χ4n) is 0.269. The molecule has 0 bridgehead atoms. The predicted octanol–water partition coefficient (Wildman–Crippen LogP) is 1.61. The Labute approximate surface area is 55.0 Å². The molecule has 46 valence electrons. The molecule has 2 heteroatoms. The van der Waals surface area contributed by atoms with E-state index < -0.39 is 5.56 Å². The molecule has 0 amide bonds. The van der Waals surface area contributed by atoms with Gasteiger partial charge in [-0.25, -0.2) is 0 Å². The van der Waals surface area contributed by atoms with E-state index in [2.05, 4.69) is 5.92 Å². The summed E-state index contributed by atoms with van der Waals surface area (Å²) in [5, 5.41) is 0. The Bertz CT molecular complexity index is 85.0. The van der Waals surface area contributed by atoms with Gasteiger partial charge in [-0.1, -0.05) is 24.4 Å². The first-order valence-electron chi connectivity index (χ1n) is 2.53. The monoisotopic (exact) mass is 132 g/mol. The summed E-state index contributed by atoms with van der Waals surface area (Å²) in [6.45, 7) is 2.64. The van der Waals surface area contributed by atoms with Gasteiger partial charge in [-0.3, -0.25) is 0 Å². The van der Waals surface area contributed by atoms with Gasteiger partial charge in [0.1, 0.15) is 0 Å². The first kappa shape index (κ1) is 7.81. The minimum absolute atomic E-state index is 0.546. The third kappa shape index (κ3) is 3.98. The highest BCUT2D eigenvalue weighted by Gasteiger charge is 1.93. The molecule has 0 aromatic carbocycles. The molecule has 1 atom stereocenters. The van der Waals surface area contributed by atoms with Crippen molar-refractivity contribution in [3.63, 3.8) is 0 Å². The van der Waals surface area contributed by atoms with Crippen molar-refractivity contribution in [2.45, 2.75) is 18.9 Å². The van der Waals surface area contributed by atoms with Crippen molar-refractivity contribution in [3.8, 4) is 12.3 Å². The van der Waals surface area contributed by atoms with Crippen LogP contribution in [0.5, 0.6) is 0 Å². The molecule has 0 aromatic heterocycles. The lowest BCUT2D eigenvalue weighted by Crippen LogP contribution is -2.01. The summed E-state index contributed by atoms with van der Waals surface area (Å²) >= 11 is 5.39. The van der Waals surface area contributed by atoms with Crippen molar-refractivity contribution >= 4 is 11.6 Å². The van der Waals surface area contributed by atoms with Gasteiger partial charge in [-0.15, -0.1) is 6.42 Å². The fourth-order valence-corrected chi connectivity index (χ4v) is 0.359. The second kappa shape index (κ2) is 4.96. The van der Waals surface area contributed by atoms with E-state index in [4.69, 9.17) is 22.8 Å². The molecule has 0 N–H and O–H groups in total. The highest BCUT2D eigenvalue weighted by molar-refractivity contribution is 6.21. The Morgan fingerprint density at radius 2 is 2.50 bits per heavy atom. The highest BCUT2D eigenvalue weighted by Crippen LogP contribution is 1.95. The number of hydrogen-bond acceptors (Lipinski definition) is 1. The minimum atomic E-state index is -0.546. The standard InChI is InChI=1S/C6H9ClO/c1-3-5-8-6(7)4-2/h2,6H,3,5H2,1H3. The third-order valence-corrected chi connectivity index (χ3v) is 0.851. The average Bonchev–Trinajstić information content (AvgIpc) is 1.83. The molecule has 0 aliphatic carbocycles. The normalized spacial score (nSPS) is 12.6. The summed E-state index contributed by atoms with van der Waals surface area (Å²) in [5.41, 5.74) is -0.546. The first-order valence-corrected chi connectivity index (χ1v) is 2.96. The van der Waals surface area contributed by atoms with Gasteiger partial charge in [0, 0.05) is 6.61 Å². The van der Waals surface area contributed by atoms with E-state index in [9.17, 15) is 0 Å². The van der Waals surface area contributed by atoms with Crippen LogP contribution in [0.2, 0.25) is 0 Å². The van der Waals surface area contributed by atoms with Crippen LogP contribution in [0.3, 0.4) is 0 Å². The van der Waals surface area contributed by atoms with Crippen LogP contribution >= 0.6 is 11.6 Å². The fraction of sp³-hybridized carbons (Fsp3) is 0.667. The summed E-state index contributed by atoms with van der Waals surface area (Å²) in [4.78, 5) is 0. The number of rotatable bonds is 3. The van der Waals surface area contributed by atoms with Gasteiger partial charge in [-0.05, 0) is 6.42 Å². The van der Waals surface area contributed by atoms with Crippen LogP contribution in [0.4, 0.5) is 0 Å². The molecule has 8 heavy (non-hydrogen) atoms. The van der Waals surface area contributed by atoms with Crippen LogP contribution in [-0.4, -0.2) is 12.2 Å². The van der Waals surface area contributed by atoms with Crippen molar-refractivity contribution < 1.29 is 4.74 Å². The lowest BCUT2D eigenvalue weighted by Gasteiger charge is -2.00. The van der Waals surface area contributed by atoms with Gasteiger partial charge in [0.05, 0.1) is 0 Å². The highest BCUT2D eigenvalue weighted by atomic mass is 35.5. The number of alkyl halides is 1. The number of ether oxygens (including phenoxy) is 1. The van der Waals surface area contributed by atoms with E-state index in [-0.39, 0.29) is 0 Å². The van der Waals surface area contributed by atoms with Crippen LogP contribution in [0, 0.1) is 12.3 Å². The number of hydrogen-bond donors (Lipinski definition) is 0. The molecule has 1 unspecified atom stereocenters. The van der Waals surface area contributed by atoms with Crippen molar-refractivity contribution in [3.05, 3.63) is 0 Å². The Morgan fingerprint density at radius 3 is 2.88 bits per heavy atom. The molecule has 0 spiro atoms. The van der Waals surface area contributed by atoms with Crippen LogP contribution in [0.15, 0.2) is 0 Å². The van der Waals surface area contributed by atoms with Crippen molar-refractivity contribution in [1.82, 2.24) is 0 Å². The third-order valence-electron chi connectivity index (χ3n) is 0.599. The maximum Gasteiger partial charge on any atom is 0.192 e. The molecule has 0 aromatic rings. The van der Waals surface area contributed by atoms with E-state index in [1.54, 1.807) is 0 Å². The predicted molar refractivity (Wildman–Crippen MR) is 34.7 cm³/mol. The summed E-state index contributed by atoms with van der Waals surface area (Å²) in [5.74, 6) is 2.24. The molecular weight excluding hydrogens is 124 g/mol. The van der Waals surface area contributed by atoms with Crippen LogP contribution < -0.4 is 0 Å². The Kier molecular flexibility index (Phi) is 4.84. The maximum absolute atomic E-state index is 5.39. The van der Waals surface area contributed by atoms with E-state index in [1.165, 1.54) is 0 Å². The van der Waals surface area contributed by atoms with E-state index >= 15 is 0 Å². The zero-order chi connectivity index (χ0) is 6.41. The van der Waals surface area contributed by atoms with Gasteiger partial charge < -0.3 is 4.74 Å². The number of halogens is 1. The second-order valence-corrected chi connectivity index (χ2v) is 1.75. The summed E-state index contributed by atoms with van der Waals surface area (Å²) < 4.78 is 4.87. The maximum atomic E-state index is 5.39. The molecule has 0 fully saturated rings. The molecule has 0 aliphatic rings. The largest absolute Gasteiger partial charge is 0.351 e. The van der Waals surface area contributed by atoms with Gasteiger partial charge in [0.25, 0.3) is 0 Å². The zero-order valence-electron chi connectivity index (χ0n) is 4.86. The number of terminal acetylenes is 1. The van der Waals surface area contributed by atoms with Crippen molar-refractivity contribution in [2.24, 2.45) is 0 Å². The molecular formula is C6H9ClO. The molecule has 0 radical (unpaired) electrons. The Balaban J connectivity index is 3.02. The van der Waals surface area contributed by atoms with Gasteiger partial charge in [-0.2, -0.15) is 0 Å². The van der Waals surface area contributed by atoms with Crippen LogP contribution in [0.25, 0.3) is 0 Å². The molecule has 0 saturated carbocycles. The second-order valence-electron chi connectivity index (χ2n) is 1.35. The Hall–Kier alpha value is -0.190. The average molecular weight is 133 g/mol. The van der Waals surface area contributed by atoms with E-state index in [1.807, 2.05) is 6.92 Å². The summed E-state index contributed by atoms with van der Waals surface area (Å²) in [6.07, 6.45) is 5.86. The van der Waals surface area contributed by atoms with Crippen molar-refractivity contribution in [1.29, 1.82) is 0 Å². The smallest absolute Gasteiger partial charge is 0.192 e. The SMILES string of the molecule is C#CC(Cl)OCCC. The molecule has 0 saturated heterocycles. The van der Waals surface area contributed by atoms with Crippen LogP contribution in [0.1, 0.15) is 13.3 Å². The Morgan fingerprint density at radius 1 is 1.88 bits per heavy atom. The first-order chi connectivity index (χ1) is 3.81. The molecule has 0 heterocycles. The summed E-state index contributed by atoms with van der Waals surface area (Å²) in [7, 11) is 0. The zero-order valence-corrected chi connectivity index (χ0v) is 5.61. The molecule has 0 aliphatic heterocycles. The quantitative estimate of drug-likeness (QED) is 0.419. The van der Waals surface area contributed by atoms with Gasteiger partial charge in [0.2, 0.25) is 0 Å². The van der Waals surface area contributed by atoms with Gasteiger partial charge >= 0.3 is 0 Å². The van der Waals surface area contributed by atoms with Crippen LogP contribution in [-0.2, 0) is 4.74 Å². The van der Waals surface area contributed by atoms with Gasteiger partial charge in [0.15, 0.2) is 5.56 Å². The molecule has 0 rings (SSSR count). The summed E-state index contributed by atoms with van der Waals surface area (Å²) in [6, 6.07) is 0. The molecule has 1 nitrogen and oxygen atoms in total. The van der Waals surface area contributed by atoms with Crippen molar-refractivity contribution in [2.75, 3.05) is 6.61 Å². The topological polar surface area (TPSA) is 9.23 Å². The minimum Gasteiger partial charge on any atom is -0.351 e. The van der Waals surface area contributed by atoms with E-state index in [0.717, 1.165) is 6.42 Å². The van der Waals surface area contributed by atoms with E-state index in [0.29, 0.717) is 6.61 Å².